The highest BCUT2D eigenvalue weighted by molar-refractivity contribution is 6.33. The molecule has 112 valence electrons. The van der Waals surface area contributed by atoms with Crippen molar-refractivity contribution in [2.75, 3.05) is 6.54 Å². The van der Waals surface area contributed by atoms with Gasteiger partial charge in [0, 0.05) is 33.2 Å². The fourth-order valence-corrected chi connectivity index (χ4v) is 2.59. The van der Waals surface area contributed by atoms with E-state index in [0.717, 1.165) is 5.56 Å². The van der Waals surface area contributed by atoms with Gasteiger partial charge in [0.2, 0.25) is 0 Å². The lowest BCUT2D eigenvalue weighted by molar-refractivity contribution is 0.171. The van der Waals surface area contributed by atoms with Crippen LogP contribution >= 0.6 is 34.8 Å². The predicted molar refractivity (Wildman–Crippen MR) is 89.3 cm³/mol. The lowest BCUT2D eigenvalue weighted by Crippen LogP contribution is -2.24. The summed E-state index contributed by atoms with van der Waals surface area (Å²) in [4.78, 5) is 0. The van der Waals surface area contributed by atoms with Crippen molar-refractivity contribution < 1.29 is 5.11 Å². The number of hydrogen-bond acceptors (Lipinski definition) is 2. The molecule has 0 radical (unpaired) electrons. The minimum Gasteiger partial charge on any atom is -0.387 e. The maximum Gasteiger partial charge on any atom is 0.0929 e. The van der Waals surface area contributed by atoms with Gasteiger partial charge in [-0.25, -0.2) is 0 Å². The van der Waals surface area contributed by atoms with Crippen LogP contribution in [0.1, 0.15) is 30.2 Å². The molecule has 0 fully saturated rings. The molecule has 0 aromatic heterocycles. The molecule has 2 N–H and O–H groups in total. The van der Waals surface area contributed by atoms with Crippen LogP contribution in [0.25, 0.3) is 0 Å². The van der Waals surface area contributed by atoms with Crippen molar-refractivity contribution in [2.45, 2.75) is 19.1 Å². The minimum absolute atomic E-state index is 0.0925. The molecular formula is C16H16Cl3NO. The summed E-state index contributed by atoms with van der Waals surface area (Å²) in [6, 6.07) is 12.8. The van der Waals surface area contributed by atoms with Crippen molar-refractivity contribution in [1.29, 1.82) is 0 Å². The zero-order chi connectivity index (χ0) is 15.4. The largest absolute Gasteiger partial charge is 0.387 e. The molecule has 0 bridgehead atoms. The molecule has 2 rings (SSSR count). The van der Waals surface area contributed by atoms with E-state index < -0.39 is 6.10 Å². The summed E-state index contributed by atoms with van der Waals surface area (Å²) >= 11 is 17.9. The Kier molecular flexibility index (Phi) is 5.91. The topological polar surface area (TPSA) is 32.3 Å². The Labute approximate surface area is 139 Å². The van der Waals surface area contributed by atoms with Crippen molar-refractivity contribution in [3.8, 4) is 0 Å². The second-order valence-electron chi connectivity index (χ2n) is 4.86. The molecule has 0 saturated heterocycles. The first-order chi connectivity index (χ1) is 9.97. The molecular weight excluding hydrogens is 329 g/mol. The van der Waals surface area contributed by atoms with E-state index in [9.17, 15) is 5.11 Å². The van der Waals surface area contributed by atoms with Crippen LogP contribution in [0.3, 0.4) is 0 Å². The molecule has 0 amide bonds. The number of nitrogens with one attached hydrogen (secondary N) is 1. The molecule has 2 atom stereocenters. The maximum atomic E-state index is 10.2. The van der Waals surface area contributed by atoms with Crippen LogP contribution in [0.2, 0.25) is 15.1 Å². The average Bonchev–Trinajstić information content (AvgIpc) is 2.47. The van der Waals surface area contributed by atoms with Gasteiger partial charge in [0.15, 0.2) is 0 Å². The fraction of sp³-hybridized carbons (Fsp3) is 0.250. The molecule has 0 aliphatic heterocycles. The molecule has 2 aromatic rings. The number of aliphatic hydroxyl groups excluding tert-OH is 1. The van der Waals surface area contributed by atoms with Gasteiger partial charge in [0.1, 0.15) is 0 Å². The Morgan fingerprint density at radius 3 is 2.29 bits per heavy atom. The van der Waals surface area contributed by atoms with E-state index in [4.69, 9.17) is 34.8 Å². The van der Waals surface area contributed by atoms with Crippen molar-refractivity contribution in [3.63, 3.8) is 0 Å². The van der Waals surface area contributed by atoms with Crippen molar-refractivity contribution >= 4 is 34.8 Å². The monoisotopic (exact) mass is 343 g/mol. The van der Waals surface area contributed by atoms with E-state index in [2.05, 4.69) is 5.32 Å². The third kappa shape index (κ3) is 4.60. The van der Waals surface area contributed by atoms with Gasteiger partial charge in [-0.15, -0.1) is 0 Å². The van der Waals surface area contributed by atoms with Gasteiger partial charge in [-0.3, -0.25) is 0 Å². The van der Waals surface area contributed by atoms with Gasteiger partial charge in [-0.2, -0.15) is 0 Å². The fourth-order valence-electron chi connectivity index (χ4n) is 2.04. The zero-order valence-electron chi connectivity index (χ0n) is 11.5. The van der Waals surface area contributed by atoms with E-state index in [1.165, 1.54) is 0 Å². The van der Waals surface area contributed by atoms with Crippen LogP contribution in [0.5, 0.6) is 0 Å². The SMILES string of the molecule is C[C@@H](NCC(O)c1cc(Cl)ccc1Cl)c1ccc(Cl)cc1. The minimum atomic E-state index is -0.717. The molecule has 2 nitrogen and oxygen atoms in total. The molecule has 0 spiro atoms. The normalized spacial score (nSPS) is 14.0. The molecule has 0 aliphatic carbocycles. The summed E-state index contributed by atoms with van der Waals surface area (Å²) in [7, 11) is 0. The molecule has 21 heavy (non-hydrogen) atoms. The van der Waals surface area contributed by atoms with Gasteiger partial charge in [-0.05, 0) is 42.8 Å². The van der Waals surface area contributed by atoms with Crippen LogP contribution < -0.4 is 5.32 Å². The second kappa shape index (κ2) is 7.48. The Morgan fingerprint density at radius 1 is 1.00 bits per heavy atom. The van der Waals surface area contributed by atoms with Gasteiger partial charge < -0.3 is 10.4 Å². The summed E-state index contributed by atoms with van der Waals surface area (Å²) in [6.07, 6.45) is -0.717. The first-order valence-corrected chi connectivity index (χ1v) is 7.72. The Balaban J connectivity index is 1.98. The van der Waals surface area contributed by atoms with Crippen LogP contribution in [0, 0.1) is 0 Å². The lowest BCUT2D eigenvalue weighted by Gasteiger charge is -2.18. The summed E-state index contributed by atoms with van der Waals surface area (Å²) in [5, 5.41) is 15.3. The van der Waals surface area contributed by atoms with Crippen LogP contribution in [0.4, 0.5) is 0 Å². The van der Waals surface area contributed by atoms with E-state index in [-0.39, 0.29) is 6.04 Å². The standard InChI is InChI=1S/C16H16Cl3NO/c1-10(11-2-4-12(17)5-3-11)20-9-16(21)14-8-13(18)6-7-15(14)19/h2-8,10,16,20-21H,9H2,1H3/t10-,16?/m1/s1. The molecule has 0 aliphatic rings. The van der Waals surface area contributed by atoms with E-state index in [1.807, 2.05) is 31.2 Å². The third-order valence-corrected chi connectivity index (χ3v) is 4.14. The summed E-state index contributed by atoms with van der Waals surface area (Å²) < 4.78 is 0. The summed E-state index contributed by atoms with van der Waals surface area (Å²) in [5.74, 6) is 0. The lowest BCUT2D eigenvalue weighted by atomic mass is 10.1. The zero-order valence-corrected chi connectivity index (χ0v) is 13.8. The number of aliphatic hydroxyl groups is 1. The Morgan fingerprint density at radius 2 is 1.62 bits per heavy atom. The molecule has 0 heterocycles. The van der Waals surface area contributed by atoms with Crippen molar-refractivity contribution in [1.82, 2.24) is 5.32 Å². The number of rotatable bonds is 5. The third-order valence-electron chi connectivity index (χ3n) is 3.30. The van der Waals surface area contributed by atoms with Gasteiger partial charge >= 0.3 is 0 Å². The average molecular weight is 345 g/mol. The predicted octanol–water partition coefficient (Wildman–Crippen LogP) is 5.03. The van der Waals surface area contributed by atoms with Crippen LogP contribution in [-0.2, 0) is 0 Å². The van der Waals surface area contributed by atoms with Crippen molar-refractivity contribution in [2.24, 2.45) is 0 Å². The molecule has 1 unspecified atom stereocenters. The smallest absolute Gasteiger partial charge is 0.0929 e. The molecule has 2 aromatic carbocycles. The Hall–Kier alpha value is -0.770. The van der Waals surface area contributed by atoms with Crippen molar-refractivity contribution in [3.05, 3.63) is 68.7 Å². The van der Waals surface area contributed by atoms with Crippen LogP contribution in [0.15, 0.2) is 42.5 Å². The van der Waals surface area contributed by atoms with Gasteiger partial charge in [0.05, 0.1) is 6.10 Å². The summed E-state index contributed by atoms with van der Waals surface area (Å²) in [5.41, 5.74) is 1.73. The summed E-state index contributed by atoms with van der Waals surface area (Å²) in [6.45, 7) is 2.40. The van der Waals surface area contributed by atoms with E-state index in [0.29, 0.717) is 27.2 Å². The van der Waals surface area contributed by atoms with E-state index in [1.54, 1.807) is 18.2 Å². The van der Waals surface area contributed by atoms with Gasteiger partial charge in [-0.1, -0.05) is 46.9 Å². The highest BCUT2D eigenvalue weighted by atomic mass is 35.5. The first-order valence-electron chi connectivity index (χ1n) is 6.59. The Bertz CT molecular complexity index is 601. The highest BCUT2D eigenvalue weighted by Crippen LogP contribution is 2.26. The number of hydrogen-bond donors (Lipinski definition) is 2. The number of halogens is 3. The maximum absolute atomic E-state index is 10.2. The number of benzene rings is 2. The molecule has 5 heteroatoms. The first kappa shape index (κ1) is 16.6. The quantitative estimate of drug-likeness (QED) is 0.797. The van der Waals surface area contributed by atoms with Crippen LogP contribution in [-0.4, -0.2) is 11.7 Å². The molecule has 0 saturated carbocycles. The van der Waals surface area contributed by atoms with Gasteiger partial charge in [0.25, 0.3) is 0 Å². The highest BCUT2D eigenvalue weighted by Gasteiger charge is 2.14. The second-order valence-corrected chi connectivity index (χ2v) is 6.14. The van der Waals surface area contributed by atoms with E-state index >= 15 is 0 Å².